The number of aryl methyl sites for hydroxylation is 2. The molecule has 1 fully saturated rings. The van der Waals surface area contributed by atoms with Crippen molar-refractivity contribution in [1.29, 1.82) is 0 Å². The second-order valence-electron chi connectivity index (χ2n) is 8.72. The van der Waals surface area contributed by atoms with Gasteiger partial charge in [0.15, 0.2) is 0 Å². The average Bonchev–Trinajstić information content (AvgIpc) is 3.60. The smallest absolute Gasteiger partial charge is 0.222 e. The largest absolute Gasteiger partial charge is 0.439 e. The second kappa shape index (κ2) is 10.2. The van der Waals surface area contributed by atoms with Gasteiger partial charge in [-0.25, -0.2) is 4.68 Å². The van der Waals surface area contributed by atoms with Crippen molar-refractivity contribution in [2.45, 2.75) is 51.3 Å². The monoisotopic (exact) mass is 431 g/mol. The Bertz CT molecular complexity index is 1020. The van der Waals surface area contributed by atoms with Crippen molar-refractivity contribution in [2.24, 2.45) is 7.05 Å². The van der Waals surface area contributed by atoms with Crippen LogP contribution in [-0.2, 0) is 13.6 Å². The maximum atomic E-state index is 10.6. The predicted octanol–water partition coefficient (Wildman–Crippen LogP) is 5.48. The molecular formula is C27H33N3O2. The van der Waals surface area contributed by atoms with Crippen LogP contribution in [-0.4, -0.2) is 38.5 Å². The number of hydrogen-bond donors (Lipinski definition) is 1. The van der Waals surface area contributed by atoms with Crippen LogP contribution >= 0.6 is 0 Å². The summed E-state index contributed by atoms with van der Waals surface area (Å²) in [5.74, 6) is 1.54. The van der Waals surface area contributed by atoms with Gasteiger partial charge in [-0.1, -0.05) is 54.1 Å². The lowest BCUT2D eigenvalue weighted by atomic mass is 10.1. The molecule has 1 aromatic heterocycles. The molecular weight excluding hydrogens is 398 g/mol. The molecule has 5 heteroatoms. The molecule has 1 heterocycles. The molecule has 1 atom stereocenters. The van der Waals surface area contributed by atoms with Crippen molar-refractivity contribution in [2.75, 3.05) is 6.54 Å². The summed E-state index contributed by atoms with van der Waals surface area (Å²) in [5, 5.41) is 15.4. The Morgan fingerprint density at radius 3 is 2.56 bits per heavy atom. The lowest BCUT2D eigenvalue weighted by molar-refractivity contribution is 0.0976. The zero-order chi connectivity index (χ0) is 22.5. The Balaban J connectivity index is 1.67. The van der Waals surface area contributed by atoms with E-state index in [1.54, 1.807) is 0 Å². The van der Waals surface area contributed by atoms with Gasteiger partial charge in [-0.3, -0.25) is 4.90 Å². The topological polar surface area (TPSA) is 50.5 Å². The summed E-state index contributed by atoms with van der Waals surface area (Å²) in [6.07, 6.45) is 5.40. The van der Waals surface area contributed by atoms with Gasteiger partial charge in [-0.15, -0.1) is 6.58 Å². The number of hydrogen-bond acceptors (Lipinski definition) is 4. The Labute approximate surface area is 191 Å². The van der Waals surface area contributed by atoms with Crippen molar-refractivity contribution in [3.8, 4) is 22.9 Å². The highest BCUT2D eigenvalue weighted by atomic mass is 16.5. The fourth-order valence-electron chi connectivity index (χ4n) is 4.03. The van der Waals surface area contributed by atoms with Gasteiger partial charge in [0.2, 0.25) is 5.88 Å². The minimum absolute atomic E-state index is 0.369. The summed E-state index contributed by atoms with van der Waals surface area (Å²) < 4.78 is 8.20. The first-order valence-corrected chi connectivity index (χ1v) is 11.4. The molecule has 0 aliphatic heterocycles. The summed E-state index contributed by atoms with van der Waals surface area (Å²) in [5.41, 5.74) is 4.25. The molecule has 4 rings (SSSR count). The summed E-state index contributed by atoms with van der Waals surface area (Å²) >= 11 is 0. The first-order chi connectivity index (χ1) is 15.5. The van der Waals surface area contributed by atoms with Crippen LogP contribution in [0, 0.1) is 6.92 Å². The molecule has 3 aromatic rings. The number of aromatic nitrogens is 2. The van der Waals surface area contributed by atoms with Crippen molar-refractivity contribution in [3.05, 3.63) is 78.4 Å². The van der Waals surface area contributed by atoms with E-state index in [2.05, 4.69) is 42.7 Å². The third kappa shape index (κ3) is 5.47. The van der Waals surface area contributed by atoms with Crippen LogP contribution in [0.5, 0.6) is 11.6 Å². The van der Waals surface area contributed by atoms with Gasteiger partial charge >= 0.3 is 0 Å². The highest BCUT2D eigenvalue weighted by Gasteiger charge is 2.32. The normalized spacial score (nSPS) is 14.5. The molecule has 0 spiro atoms. The quantitative estimate of drug-likeness (QED) is 0.409. The van der Waals surface area contributed by atoms with Crippen LogP contribution < -0.4 is 4.74 Å². The molecule has 0 bridgehead atoms. The molecule has 0 amide bonds. The van der Waals surface area contributed by atoms with Crippen LogP contribution in [0.4, 0.5) is 0 Å². The van der Waals surface area contributed by atoms with E-state index in [-0.39, 0.29) is 6.10 Å². The lowest BCUT2D eigenvalue weighted by Crippen LogP contribution is -2.34. The van der Waals surface area contributed by atoms with Crippen molar-refractivity contribution < 1.29 is 9.84 Å². The molecule has 1 aliphatic rings. The molecule has 1 N–H and O–H groups in total. The second-order valence-corrected chi connectivity index (χ2v) is 8.72. The summed E-state index contributed by atoms with van der Waals surface area (Å²) in [4.78, 5) is 2.39. The van der Waals surface area contributed by atoms with Gasteiger partial charge in [0.1, 0.15) is 11.4 Å². The van der Waals surface area contributed by atoms with Gasteiger partial charge in [0, 0.05) is 31.7 Å². The molecule has 1 saturated carbocycles. The minimum Gasteiger partial charge on any atom is -0.439 e. The highest BCUT2D eigenvalue weighted by molar-refractivity contribution is 5.65. The van der Waals surface area contributed by atoms with E-state index in [0.717, 1.165) is 41.3 Å². The Hall–Kier alpha value is -2.89. The molecule has 2 aromatic carbocycles. The van der Waals surface area contributed by atoms with Crippen LogP contribution in [0.2, 0.25) is 0 Å². The number of benzene rings is 2. The van der Waals surface area contributed by atoms with Crippen LogP contribution in [0.1, 0.15) is 36.8 Å². The van der Waals surface area contributed by atoms with Gasteiger partial charge in [-0.05, 0) is 44.7 Å². The average molecular weight is 432 g/mol. The summed E-state index contributed by atoms with van der Waals surface area (Å²) in [6.45, 7) is 7.18. The Morgan fingerprint density at radius 1 is 1.19 bits per heavy atom. The van der Waals surface area contributed by atoms with E-state index >= 15 is 0 Å². The van der Waals surface area contributed by atoms with E-state index in [9.17, 15) is 5.11 Å². The van der Waals surface area contributed by atoms with E-state index in [1.807, 2.05) is 48.1 Å². The van der Waals surface area contributed by atoms with E-state index in [0.29, 0.717) is 19.1 Å². The van der Waals surface area contributed by atoms with Gasteiger partial charge in [0.25, 0.3) is 0 Å². The number of ether oxygens (including phenoxy) is 1. The molecule has 1 aliphatic carbocycles. The SMILES string of the molecule is C=CCC[C@H](O)CN(Cc1c(-c2ccccc2)nn(C)c1Oc1ccc(C)cc1)C1CC1. The van der Waals surface area contributed by atoms with Crippen molar-refractivity contribution in [1.82, 2.24) is 14.7 Å². The van der Waals surface area contributed by atoms with Crippen molar-refractivity contribution in [3.63, 3.8) is 0 Å². The summed E-state index contributed by atoms with van der Waals surface area (Å²) in [6, 6.07) is 18.8. The third-order valence-corrected chi connectivity index (χ3v) is 5.94. The molecule has 32 heavy (non-hydrogen) atoms. The Kier molecular flexibility index (Phi) is 7.08. The molecule has 0 saturated heterocycles. The van der Waals surface area contributed by atoms with Crippen LogP contribution in [0.15, 0.2) is 67.3 Å². The molecule has 0 radical (unpaired) electrons. The van der Waals surface area contributed by atoms with Crippen LogP contribution in [0.25, 0.3) is 11.3 Å². The predicted molar refractivity (Wildman–Crippen MR) is 129 cm³/mol. The molecule has 0 unspecified atom stereocenters. The number of aliphatic hydroxyl groups is 1. The fourth-order valence-corrected chi connectivity index (χ4v) is 4.03. The standard InChI is InChI=1S/C27H33N3O2/c1-4-5-11-23(31)18-30(22-14-15-22)19-25-26(21-9-7-6-8-10-21)28-29(3)27(25)32-24-16-12-20(2)13-17-24/h4,6-10,12-13,16-17,22-23,31H,1,5,11,14-15,18-19H2,2-3H3/t23-/m0/s1. The lowest BCUT2D eigenvalue weighted by Gasteiger charge is -2.25. The van der Waals surface area contributed by atoms with Crippen molar-refractivity contribution >= 4 is 0 Å². The van der Waals surface area contributed by atoms with E-state index in [1.165, 1.54) is 18.4 Å². The van der Waals surface area contributed by atoms with Crippen LogP contribution in [0.3, 0.4) is 0 Å². The number of nitrogens with zero attached hydrogens (tertiary/aromatic N) is 3. The van der Waals surface area contributed by atoms with E-state index in [4.69, 9.17) is 9.84 Å². The number of aliphatic hydroxyl groups excluding tert-OH is 1. The van der Waals surface area contributed by atoms with Gasteiger partial charge in [-0.2, -0.15) is 5.10 Å². The number of allylic oxidation sites excluding steroid dienone is 1. The highest BCUT2D eigenvalue weighted by Crippen LogP contribution is 2.37. The zero-order valence-electron chi connectivity index (χ0n) is 19.1. The first kappa shape index (κ1) is 22.3. The molecule has 168 valence electrons. The van der Waals surface area contributed by atoms with Gasteiger partial charge < -0.3 is 9.84 Å². The minimum atomic E-state index is -0.369. The summed E-state index contributed by atoms with van der Waals surface area (Å²) in [7, 11) is 1.93. The van der Waals surface area contributed by atoms with E-state index < -0.39 is 0 Å². The number of rotatable bonds is 11. The maximum Gasteiger partial charge on any atom is 0.222 e. The maximum absolute atomic E-state index is 10.6. The Morgan fingerprint density at radius 2 is 1.91 bits per heavy atom. The molecule has 5 nitrogen and oxygen atoms in total. The third-order valence-electron chi connectivity index (χ3n) is 5.94. The first-order valence-electron chi connectivity index (χ1n) is 11.4. The van der Waals surface area contributed by atoms with Gasteiger partial charge in [0.05, 0.1) is 11.7 Å². The zero-order valence-corrected chi connectivity index (χ0v) is 19.1. The fraction of sp³-hybridized carbons (Fsp3) is 0.370.